The molecular weight excluding hydrogens is 164 g/mol. The first-order valence-electron chi connectivity index (χ1n) is 0.333. The molecule has 0 aromatic carbocycles. The zero-order valence-electron chi connectivity index (χ0n) is 3.79. The van der Waals surface area contributed by atoms with Crippen LogP contribution in [0.1, 0.15) is 0 Å². The van der Waals surface area contributed by atoms with E-state index in [2.05, 4.69) is 12.8 Å². The molecule has 0 aliphatic rings. The molecule has 8 heavy (non-hydrogen) atoms. The standard InChI is InChI=1S/C2H2.4O.Si.Ti/c1-2;;;;;;/h1-2H;;;;;;/q;4*-2;2*+4. The van der Waals surface area contributed by atoms with Gasteiger partial charge in [0.05, 0.1) is 0 Å². The summed E-state index contributed by atoms with van der Waals surface area (Å²) in [4.78, 5) is 0. The van der Waals surface area contributed by atoms with Crippen LogP contribution in [0.15, 0.2) is 0 Å². The third-order valence-electron chi connectivity index (χ3n) is 0. The van der Waals surface area contributed by atoms with Crippen molar-refractivity contribution >= 4 is 11.0 Å². The van der Waals surface area contributed by atoms with E-state index in [1.807, 2.05) is 0 Å². The minimum absolute atomic E-state index is 0. The molecule has 0 aromatic rings. The molecule has 0 aromatic heterocycles. The molecule has 0 spiro atoms. The molecule has 0 aliphatic carbocycles. The summed E-state index contributed by atoms with van der Waals surface area (Å²) in [5, 5.41) is 0. The largest absolute Gasteiger partial charge is 4.00 e. The maximum atomic E-state index is 4.00. The van der Waals surface area contributed by atoms with Crippen molar-refractivity contribution in [1.82, 2.24) is 0 Å². The summed E-state index contributed by atoms with van der Waals surface area (Å²) in [6.07, 6.45) is 8.00. The Bertz CT molecular complexity index is 18.8. The van der Waals surface area contributed by atoms with E-state index < -0.39 is 0 Å². The van der Waals surface area contributed by atoms with Crippen molar-refractivity contribution in [1.29, 1.82) is 0 Å². The number of terminal acetylenes is 1. The summed E-state index contributed by atoms with van der Waals surface area (Å²) < 4.78 is 0. The quantitative estimate of drug-likeness (QED) is 0.337. The van der Waals surface area contributed by atoms with Gasteiger partial charge in [-0.2, -0.15) is 0 Å². The van der Waals surface area contributed by atoms with Crippen molar-refractivity contribution in [2.45, 2.75) is 0 Å². The average Bonchev–Trinajstić information content (AvgIpc) is 1.00. The zero-order valence-corrected chi connectivity index (χ0v) is 6.35. The first-order chi connectivity index (χ1) is 1.00. The van der Waals surface area contributed by atoms with Gasteiger partial charge in [-0.25, -0.2) is 0 Å². The third kappa shape index (κ3) is 1640. The number of rotatable bonds is 0. The molecule has 6 heteroatoms. The van der Waals surface area contributed by atoms with E-state index in [4.69, 9.17) is 0 Å². The van der Waals surface area contributed by atoms with Crippen LogP contribution in [-0.2, 0) is 43.6 Å². The van der Waals surface area contributed by atoms with E-state index in [9.17, 15) is 0 Å². The molecule has 42 valence electrons. The molecule has 0 rings (SSSR count). The average molecular weight is 166 g/mol. The Morgan fingerprint density at radius 1 is 0.625 bits per heavy atom. The van der Waals surface area contributed by atoms with Crippen molar-refractivity contribution < 1.29 is 43.6 Å². The second-order valence-electron chi connectivity index (χ2n) is 0. The minimum Gasteiger partial charge on any atom is -2.00 e. The Balaban J connectivity index is -0.000000000333. The summed E-state index contributed by atoms with van der Waals surface area (Å²) in [7, 11) is 0. The van der Waals surface area contributed by atoms with Crippen LogP contribution in [0.5, 0.6) is 0 Å². The predicted octanol–water partition coefficient (Wildman–Crippen LogP) is -0.609. The summed E-state index contributed by atoms with van der Waals surface area (Å²) in [6, 6.07) is 0. The van der Waals surface area contributed by atoms with Crippen LogP contribution >= 0.6 is 0 Å². The third-order valence-corrected chi connectivity index (χ3v) is 0. The second kappa shape index (κ2) is 2680. The normalized spacial score (nSPS) is 0.250. The SMILES string of the molecule is C#C.[O-2].[O-2].[O-2].[O-2].[Si+4].[Ti+4]. The summed E-state index contributed by atoms with van der Waals surface area (Å²) in [5.74, 6) is 0. The second-order valence-corrected chi connectivity index (χ2v) is 0. The Morgan fingerprint density at radius 3 is 0.625 bits per heavy atom. The predicted molar refractivity (Wildman–Crippen MR) is 18.4 cm³/mol. The molecule has 4 nitrogen and oxygen atoms in total. The van der Waals surface area contributed by atoms with E-state index in [-0.39, 0.29) is 54.6 Å². The fourth-order valence-corrected chi connectivity index (χ4v) is 0. The maximum absolute atomic E-state index is 4.00. The van der Waals surface area contributed by atoms with Crippen LogP contribution in [0.3, 0.4) is 0 Å². The van der Waals surface area contributed by atoms with Crippen molar-refractivity contribution in [2.75, 3.05) is 0 Å². The number of hydrogen-bond donors (Lipinski definition) is 0. The monoisotopic (exact) mass is 166 g/mol. The topological polar surface area (TPSA) is 114 Å². The van der Waals surface area contributed by atoms with Gasteiger partial charge < -0.3 is 21.9 Å². The van der Waals surface area contributed by atoms with E-state index >= 15 is 0 Å². The van der Waals surface area contributed by atoms with E-state index in [1.54, 1.807) is 0 Å². The van der Waals surface area contributed by atoms with E-state index in [0.29, 0.717) is 0 Å². The van der Waals surface area contributed by atoms with Crippen LogP contribution in [0.25, 0.3) is 0 Å². The van der Waals surface area contributed by atoms with Gasteiger partial charge in [-0.3, -0.25) is 0 Å². The van der Waals surface area contributed by atoms with Gasteiger partial charge in [0.1, 0.15) is 0 Å². The Kier molecular flexibility index (Phi) is 84600. The molecule has 0 bridgehead atoms. The van der Waals surface area contributed by atoms with Crippen molar-refractivity contribution in [3.05, 3.63) is 0 Å². The van der Waals surface area contributed by atoms with Gasteiger partial charge in [-0.15, -0.1) is 12.8 Å². The summed E-state index contributed by atoms with van der Waals surface area (Å²) >= 11 is 0. The van der Waals surface area contributed by atoms with Crippen LogP contribution in [0, 0.1) is 12.8 Å². The van der Waals surface area contributed by atoms with Crippen molar-refractivity contribution in [2.24, 2.45) is 0 Å². The van der Waals surface area contributed by atoms with Gasteiger partial charge in [-0.05, 0) is 0 Å². The first-order valence-corrected chi connectivity index (χ1v) is 0.333. The molecule has 0 radical (unpaired) electrons. The van der Waals surface area contributed by atoms with Gasteiger partial charge in [0, 0.05) is 0 Å². The molecule has 0 saturated heterocycles. The molecule has 0 heterocycles. The fraction of sp³-hybridized carbons (Fsp3) is 0. The van der Waals surface area contributed by atoms with Gasteiger partial charge in [0.25, 0.3) is 0 Å². The fourth-order valence-electron chi connectivity index (χ4n) is 0. The molecule has 0 saturated carbocycles. The molecule has 0 aliphatic heterocycles. The van der Waals surface area contributed by atoms with Crippen LogP contribution in [-0.4, -0.2) is 11.0 Å². The Labute approximate surface area is 67.8 Å². The molecule has 0 unspecified atom stereocenters. The summed E-state index contributed by atoms with van der Waals surface area (Å²) in [5.41, 5.74) is 0. The smallest absolute Gasteiger partial charge is 2.00 e. The van der Waals surface area contributed by atoms with Gasteiger partial charge in [-0.1, -0.05) is 0 Å². The zero-order chi connectivity index (χ0) is 2.00. The molecule has 0 amide bonds. The van der Waals surface area contributed by atoms with Gasteiger partial charge >= 0.3 is 32.7 Å². The summed E-state index contributed by atoms with van der Waals surface area (Å²) in [6.45, 7) is 0. The van der Waals surface area contributed by atoms with E-state index in [1.165, 1.54) is 0 Å². The Hall–Kier alpha value is 0.331. The van der Waals surface area contributed by atoms with E-state index in [0.717, 1.165) is 0 Å². The minimum atomic E-state index is 0. The Morgan fingerprint density at radius 2 is 0.625 bits per heavy atom. The van der Waals surface area contributed by atoms with Crippen LogP contribution < -0.4 is 0 Å². The molecule has 0 N–H and O–H groups in total. The van der Waals surface area contributed by atoms with Gasteiger partial charge in [0.15, 0.2) is 0 Å². The molecule has 0 fully saturated rings. The molecular formula is C2H2O4SiTi. The first kappa shape index (κ1) is 253. The van der Waals surface area contributed by atoms with Crippen molar-refractivity contribution in [3.63, 3.8) is 0 Å². The maximum Gasteiger partial charge on any atom is 4.00 e. The van der Waals surface area contributed by atoms with Crippen LogP contribution in [0.2, 0.25) is 0 Å². The van der Waals surface area contributed by atoms with Gasteiger partial charge in [0.2, 0.25) is 0 Å². The number of hydrogen-bond acceptors (Lipinski definition) is 0. The van der Waals surface area contributed by atoms with Crippen LogP contribution in [0.4, 0.5) is 0 Å². The molecule has 0 atom stereocenters. The van der Waals surface area contributed by atoms with Crippen molar-refractivity contribution in [3.8, 4) is 12.8 Å².